The number of piperazine rings is 1. The van der Waals surface area contributed by atoms with E-state index in [9.17, 15) is 9.59 Å². The highest BCUT2D eigenvalue weighted by atomic mass is 32.2. The summed E-state index contributed by atoms with van der Waals surface area (Å²) < 4.78 is 0. The molecule has 2 amide bonds. The fraction of sp³-hybridized carbons (Fsp3) is 0.579. The fourth-order valence-electron chi connectivity index (χ4n) is 4.10. The fourth-order valence-corrected chi connectivity index (χ4v) is 5.38. The van der Waals surface area contributed by atoms with Crippen molar-refractivity contribution < 1.29 is 9.59 Å². The SMILES string of the molecule is O=C(C1CCCC1)N1CCN(C(=O)C2Cc3ccccc3S2)CC1. The van der Waals surface area contributed by atoms with Crippen molar-refractivity contribution in [2.24, 2.45) is 5.92 Å². The van der Waals surface area contributed by atoms with E-state index in [4.69, 9.17) is 0 Å². The van der Waals surface area contributed by atoms with Gasteiger partial charge in [-0.3, -0.25) is 9.59 Å². The van der Waals surface area contributed by atoms with Gasteiger partial charge in [0.05, 0.1) is 5.25 Å². The summed E-state index contributed by atoms with van der Waals surface area (Å²) >= 11 is 1.69. The largest absolute Gasteiger partial charge is 0.339 e. The average molecular weight is 344 g/mol. The number of benzene rings is 1. The van der Waals surface area contributed by atoms with Gasteiger partial charge in [0.2, 0.25) is 11.8 Å². The molecule has 0 aromatic heterocycles. The van der Waals surface area contributed by atoms with Crippen LogP contribution in [0.3, 0.4) is 0 Å². The van der Waals surface area contributed by atoms with Gasteiger partial charge >= 0.3 is 0 Å². The Bertz CT molecular complexity index is 609. The van der Waals surface area contributed by atoms with Gasteiger partial charge in [0.1, 0.15) is 0 Å². The van der Waals surface area contributed by atoms with Crippen molar-refractivity contribution in [2.45, 2.75) is 42.2 Å². The van der Waals surface area contributed by atoms with Crippen molar-refractivity contribution in [3.05, 3.63) is 29.8 Å². The van der Waals surface area contributed by atoms with Crippen LogP contribution in [0.25, 0.3) is 0 Å². The maximum atomic E-state index is 12.8. The van der Waals surface area contributed by atoms with Gasteiger partial charge in [0.25, 0.3) is 0 Å². The number of thioether (sulfide) groups is 1. The van der Waals surface area contributed by atoms with E-state index < -0.39 is 0 Å². The van der Waals surface area contributed by atoms with E-state index in [1.165, 1.54) is 23.3 Å². The normalized spacial score (nSPS) is 24.2. The molecule has 1 saturated carbocycles. The summed E-state index contributed by atoms with van der Waals surface area (Å²) in [6.45, 7) is 2.77. The molecular formula is C19H24N2O2S. The molecule has 128 valence electrons. The minimum absolute atomic E-state index is 0.0134. The van der Waals surface area contributed by atoms with Crippen LogP contribution in [0.2, 0.25) is 0 Å². The van der Waals surface area contributed by atoms with E-state index >= 15 is 0 Å². The second-order valence-electron chi connectivity index (χ2n) is 7.05. The topological polar surface area (TPSA) is 40.6 Å². The molecule has 2 aliphatic heterocycles. The Morgan fingerprint density at radius 1 is 0.917 bits per heavy atom. The monoisotopic (exact) mass is 344 g/mol. The summed E-state index contributed by atoms with van der Waals surface area (Å²) in [7, 11) is 0. The minimum Gasteiger partial charge on any atom is -0.339 e. The summed E-state index contributed by atoms with van der Waals surface area (Å²) in [6, 6.07) is 8.30. The quantitative estimate of drug-likeness (QED) is 0.828. The lowest BCUT2D eigenvalue weighted by atomic mass is 10.1. The molecule has 0 radical (unpaired) electrons. The van der Waals surface area contributed by atoms with Crippen molar-refractivity contribution in [1.82, 2.24) is 9.80 Å². The number of amides is 2. The van der Waals surface area contributed by atoms with Gasteiger partial charge in [0, 0.05) is 37.0 Å². The van der Waals surface area contributed by atoms with Crippen molar-refractivity contribution >= 4 is 23.6 Å². The number of nitrogens with zero attached hydrogens (tertiary/aromatic N) is 2. The van der Waals surface area contributed by atoms with Gasteiger partial charge in [-0.05, 0) is 30.9 Å². The summed E-state index contributed by atoms with van der Waals surface area (Å²) in [6.07, 6.45) is 5.31. The molecule has 1 atom stereocenters. The first-order chi connectivity index (χ1) is 11.7. The Labute approximate surface area is 147 Å². The third-order valence-electron chi connectivity index (χ3n) is 5.53. The predicted molar refractivity (Wildman–Crippen MR) is 94.9 cm³/mol. The minimum atomic E-state index is 0.0134. The molecule has 24 heavy (non-hydrogen) atoms. The van der Waals surface area contributed by atoms with Crippen LogP contribution in [0.1, 0.15) is 31.2 Å². The first kappa shape index (κ1) is 16.0. The first-order valence-electron chi connectivity index (χ1n) is 9.04. The molecule has 0 bridgehead atoms. The Morgan fingerprint density at radius 3 is 2.21 bits per heavy atom. The number of hydrogen-bond donors (Lipinski definition) is 0. The van der Waals surface area contributed by atoms with Crippen molar-refractivity contribution in [1.29, 1.82) is 0 Å². The van der Waals surface area contributed by atoms with Crippen LogP contribution in [0.5, 0.6) is 0 Å². The maximum absolute atomic E-state index is 12.8. The average Bonchev–Trinajstić information content (AvgIpc) is 3.30. The standard InChI is InChI=1S/C19H24N2O2S/c22-18(14-5-1-2-6-14)20-9-11-21(12-10-20)19(23)17-13-15-7-3-4-8-16(15)24-17/h3-4,7-8,14,17H,1-2,5-6,9-13H2. The molecule has 2 fully saturated rings. The molecule has 2 heterocycles. The van der Waals surface area contributed by atoms with E-state index in [2.05, 4.69) is 12.1 Å². The molecule has 5 heteroatoms. The number of hydrogen-bond acceptors (Lipinski definition) is 3. The lowest BCUT2D eigenvalue weighted by Gasteiger charge is -2.36. The number of fused-ring (bicyclic) bond motifs is 1. The summed E-state index contributed by atoms with van der Waals surface area (Å²) in [4.78, 5) is 30.5. The van der Waals surface area contributed by atoms with E-state index in [0.717, 1.165) is 19.3 Å². The van der Waals surface area contributed by atoms with Crippen LogP contribution in [0.4, 0.5) is 0 Å². The van der Waals surface area contributed by atoms with E-state index in [-0.39, 0.29) is 17.1 Å². The highest BCUT2D eigenvalue weighted by molar-refractivity contribution is 8.01. The van der Waals surface area contributed by atoms with E-state index in [1.807, 2.05) is 21.9 Å². The molecule has 1 unspecified atom stereocenters. The van der Waals surface area contributed by atoms with Crippen LogP contribution in [0.15, 0.2) is 29.2 Å². The first-order valence-corrected chi connectivity index (χ1v) is 9.92. The second-order valence-corrected chi connectivity index (χ2v) is 8.29. The molecule has 4 nitrogen and oxygen atoms in total. The van der Waals surface area contributed by atoms with Crippen LogP contribution in [-0.4, -0.2) is 53.0 Å². The smallest absolute Gasteiger partial charge is 0.236 e. The second kappa shape index (κ2) is 6.79. The molecule has 1 aliphatic carbocycles. The van der Waals surface area contributed by atoms with Gasteiger partial charge in [0.15, 0.2) is 0 Å². The van der Waals surface area contributed by atoms with Crippen LogP contribution in [-0.2, 0) is 16.0 Å². The zero-order valence-corrected chi connectivity index (χ0v) is 14.8. The zero-order valence-electron chi connectivity index (χ0n) is 13.9. The third-order valence-corrected chi connectivity index (χ3v) is 6.84. The van der Waals surface area contributed by atoms with E-state index in [1.54, 1.807) is 11.8 Å². The maximum Gasteiger partial charge on any atom is 0.236 e. The highest BCUT2D eigenvalue weighted by Crippen LogP contribution is 2.37. The molecule has 0 N–H and O–H groups in total. The van der Waals surface area contributed by atoms with E-state index in [0.29, 0.717) is 32.1 Å². The lowest BCUT2D eigenvalue weighted by molar-refractivity contribution is -0.141. The van der Waals surface area contributed by atoms with Crippen LogP contribution in [0, 0.1) is 5.92 Å². The molecule has 4 rings (SSSR count). The summed E-state index contributed by atoms with van der Waals surface area (Å²) in [5.41, 5.74) is 1.29. The number of carbonyl (C=O) groups is 2. The number of carbonyl (C=O) groups excluding carboxylic acids is 2. The van der Waals surface area contributed by atoms with Gasteiger partial charge < -0.3 is 9.80 Å². The van der Waals surface area contributed by atoms with Gasteiger partial charge in [-0.25, -0.2) is 0 Å². The van der Waals surface area contributed by atoms with Gasteiger partial charge in [-0.2, -0.15) is 0 Å². The van der Waals surface area contributed by atoms with Crippen molar-refractivity contribution in [2.75, 3.05) is 26.2 Å². The Kier molecular flexibility index (Phi) is 4.53. The molecule has 3 aliphatic rings. The van der Waals surface area contributed by atoms with Crippen molar-refractivity contribution in [3.8, 4) is 0 Å². The Balaban J connectivity index is 1.31. The molecular weight excluding hydrogens is 320 g/mol. The third kappa shape index (κ3) is 3.06. The number of rotatable bonds is 2. The van der Waals surface area contributed by atoms with Crippen LogP contribution >= 0.6 is 11.8 Å². The summed E-state index contributed by atoms with van der Waals surface area (Å²) in [5, 5.41) is 0.0134. The van der Waals surface area contributed by atoms with Gasteiger partial charge in [-0.1, -0.05) is 31.0 Å². The summed E-state index contributed by atoms with van der Waals surface area (Å²) in [5.74, 6) is 0.804. The van der Waals surface area contributed by atoms with Gasteiger partial charge in [-0.15, -0.1) is 11.8 Å². The van der Waals surface area contributed by atoms with Crippen LogP contribution < -0.4 is 0 Å². The Hall–Kier alpha value is -1.49. The molecule has 1 aromatic carbocycles. The molecule has 1 saturated heterocycles. The van der Waals surface area contributed by atoms with Crippen molar-refractivity contribution in [3.63, 3.8) is 0 Å². The Morgan fingerprint density at radius 2 is 1.54 bits per heavy atom. The zero-order chi connectivity index (χ0) is 16.5. The lowest BCUT2D eigenvalue weighted by Crippen LogP contribution is -2.53. The molecule has 1 aromatic rings. The predicted octanol–water partition coefficient (Wildman–Crippen LogP) is 2.56. The molecule has 0 spiro atoms. The highest BCUT2D eigenvalue weighted by Gasteiger charge is 2.34.